The Balaban J connectivity index is 3.46. The molecular weight excluding hydrogens is 211 g/mol. The van der Waals surface area contributed by atoms with Gasteiger partial charge in [0.05, 0.1) is 6.61 Å². The third-order valence-electron chi connectivity index (χ3n) is 1.78. The average Bonchev–Trinajstić information content (AvgIpc) is 2.00. The molecule has 0 saturated carbocycles. The van der Waals surface area contributed by atoms with Crippen LogP contribution in [-0.2, 0) is 9.47 Å². The number of hydrogen-bond acceptors (Lipinski definition) is 3. The van der Waals surface area contributed by atoms with Crippen molar-refractivity contribution in [1.82, 2.24) is 0 Å². The summed E-state index contributed by atoms with van der Waals surface area (Å²) in [6, 6.07) is 0. The number of alkyl halides is 3. The summed E-state index contributed by atoms with van der Waals surface area (Å²) in [6.07, 6.45) is -3.19. The smallest absolute Gasteiger partial charge is 0.383 e. The minimum Gasteiger partial charge on any atom is -0.383 e. The van der Waals surface area contributed by atoms with Crippen molar-refractivity contribution in [3.63, 3.8) is 0 Å². The molecule has 0 saturated heterocycles. The monoisotopic (exact) mass is 229 g/mol. The van der Waals surface area contributed by atoms with Crippen molar-refractivity contribution in [2.24, 2.45) is 5.73 Å². The Morgan fingerprint density at radius 1 is 1.20 bits per heavy atom. The Morgan fingerprint density at radius 3 is 2.27 bits per heavy atom. The van der Waals surface area contributed by atoms with Crippen LogP contribution in [0.4, 0.5) is 13.2 Å². The molecule has 3 nitrogen and oxygen atoms in total. The summed E-state index contributed by atoms with van der Waals surface area (Å²) in [4.78, 5) is 0. The fourth-order valence-corrected chi connectivity index (χ4v) is 1.17. The summed E-state index contributed by atoms with van der Waals surface area (Å²) in [6.45, 7) is 1.04. The molecule has 0 aromatic carbocycles. The lowest BCUT2D eigenvalue weighted by Gasteiger charge is -2.23. The molecule has 0 amide bonds. The van der Waals surface area contributed by atoms with Crippen LogP contribution in [0.2, 0.25) is 0 Å². The first-order chi connectivity index (χ1) is 6.77. The van der Waals surface area contributed by atoms with Crippen molar-refractivity contribution in [2.75, 3.05) is 26.9 Å². The number of rotatable bonds is 7. The second-order valence-corrected chi connectivity index (χ2v) is 3.86. The van der Waals surface area contributed by atoms with Crippen LogP contribution in [0.25, 0.3) is 0 Å². The van der Waals surface area contributed by atoms with E-state index in [2.05, 4.69) is 4.74 Å². The van der Waals surface area contributed by atoms with Crippen LogP contribution in [0.1, 0.15) is 19.8 Å². The molecule has 92 valence electrons. The molecule has 0 aromatic rings. The highest BCUT2D eigenvalue weighted by Gasteiger charge is 2.27. The second kappa shape index (κ2) is 6.30. The number of methoxy groups -OCH3 is 1. The zero-order valence-corrected chi connectivity index (χ0v) is 9.06. The van der Waals surface area contributed by atoms with Gasteiger partial charge in [-0.2, -0.15) is 13.2 Å². The molecule has 0 heterocycles. The van der Waals surface area contributed by atoms with Gasteiger partial charge in [0.2, 0.25) is 0 Å². The molecule has 0 aliphatic rings. The van der Waals surface area contributed by atoms with E-state index in [1.165, 1.54) is 7.11 Å². The van der Waals surface area contributed by atoms with Gasteiger partial charge in [0.15, 0.2) is 0 Å². The summed E-state index contributed by atoms with van der Waals surface area (Å²) in [5.41, 5.74) is 5.29. The predicted octanol–water partition coefficient (Wildman–Crippen LogP) is 1.71. The van der Waals surface area contributed by atoms with E-state index < -0.39 is 18.3 Å². The Hall–Kier alpha value is -0.330. The van der Waals surface area contributed by atoms with Gasteiger partial charge in [-0.25, -0.2) is 0 Å². The molecular formula is C9H18F3NO2. The van der Waals surface area contributed by atoms with Crippen LogP contribution in [0, 0.1) is 0 Å². The van der Waals surface area contributed by atoms with Crippen molar-refractivity contribution in [1.29, 1.82) is 0 Å². The molecule has 1 unspecified atom stereocenters. The van der Waals surface area contributed by atoms with Gasteiger partial charge in [0.1, 0.15) is 6.61 Å². The predicted molar refractivity (Wildman–Crippen MR) is 50.6 cm³/mol. The maximum atomic E-state index is 11.7. The number of ether oxygens (including phenoxy) is 2. The van der Waals surface area contributed by atoms with Crippen LogP contribution >= 0.6 is 0 Å². The minimum absolute atomic E-state index is 0.0655. The van der Waals surface area contributed by atoms with Crippen molar-refractivity contribution >= 4 is 0 Å². The maximum Gasteiger partial charge on any atom is 0.411 e. The third kappa shape index (κ3) is 9.96. The van der Waals surface area contributed by atoms with Crippen molar-refractivity contribution in [3.05, 3.63) is 0 Å². The summed E-state index contributed by atoms with van der Waals surface area (Å²) in [7, 11) is 1.53. The summed E-state index contributed by atoms with van der Waals surface area (Å²) >= 11 is 0. The standard InChI is InChI=1S/C9H18F3NO2/c1-8(13,6-14-2)4-3-5-15-7-9(10,11)12/h3-7,13H2,1-2H3. The van der Waals surface area contributed by atoms with E-state index in [1.807, 2.05) is 0 Å². The molecule has 6 heteroatoms. The van der Waals surface area contributed by atoms with Gasteiger partial charge in [-0.3, -0.25) is 0 Å². The molecule has 0 radical (unpaired) electrons. The number of nitrogens with two attached hydrogens (primary N) is 1. The first kappa shape index (κ1) is 14.7. The highest BCUT2D eigenvalue weighted by Crippen LogP contribution is 2.15. The SMILES string of the molecule is COCC(C)(N)CCCOCC(F)(F)F. The molecule has 1 atom stereocenters. The number of hydrogen-bond donors (Lipinski definition) is 1. The van der Waals surface area contributed by atoms with Crippen LogP contribution in [0.15, 0.2) is 0 Å². The zero-order chi connectivity index (χ0) is 11.9. The van der Waals surface area contributed by atoms with Crippen LogP contribution in [0.5, 0.6) is 0 Å². The molecule has 0 spiro atoms. The summed E-state index contributed by atoms with van der Waals surface area (Å²) in [5.74, 6) is 0. The van der Waals surface area contributed by atoms with Gasteiger partial charge in [-0.15, -0.1) is 0 Å². The Kier molecular flexibility index (Phi) is 6.16. The third-order valence-corrected chi connectivity index (χ3v) is 1.78. The molecule has 0 fully saturated rings. The van der Waals surface area contributed by atoms with Gasteiger partial charge in [-0.05, 0) is 19.8 Å². The van der Waals surface area contributed by atoms with Crippen molar-refractivity contribution in [3.8, 4) is 0 Å². The lowest BCUT2D eigenvalue weighted by molar-refractivity contribution is -0.174. The van der Waals surface area contributed by atoms with E-state index in [4.69, 9.17) is 10.5 Å². The minimum atomic E-state index is -4.25. The lowest BCUT2D eigenvalue weighted by Crippen LogP contribution is -2.41. The largest absolute Gasteiger partial charge is 0.411 e. The molecule has 0 aliphatic heterocycles. The Labute approximate surface area is 87.7 Å². The fourth-order valence-electron chi connectivity index (χ4n) is 1.17. The molecule has 0 aromatic heterocycles. The van der Waals surface area contributed by atoms with Gasteiger partial charge >= 0.3 is 6.18 Å². The lowest BCUT2D eigenvalue weighted by atomic mass is 9.99. The zero-order valence-electron chi connectivity index (χ0n) is 9.06. The number of halogens is 3. The van der Waals surface area contributed by atoms with E-state index >= 15 is 0 Å². The highest BCUT2D eigenvalue weighted by atomic mass is 19.4. The Bertz CT molecular complexity index is 171. The van der Waals surface area contributed by atoms with E-state index in [9.17, 15) is 13.2 Å². The summed E-state index contributed by atoms with van der Waals surface area (Å²) in [5, 5.41) is 0. The fraction of sp³-hybridized carbons (Fsp3) is 1.00. The molecule has 0 bridgehead atoms. The molecule has 15 heavy (non-hydrogen) atoms. The Morgan fingerprint density at radius 2 is 1.80 bits per heavy atom. The van der Waals surface area contributed by atoms with Gasteiger partial charge < -0.3 is 15.2 Å². The molecule has 0 rings (SSSR count). The van der Waals surface area contributed by atoms with E-state index in [-0.39, 0.29) is 6.61 Å². The van der Waals surface area contributed by atoms with E-state index in [1.54, 1.807) is 6.92 Å². The van der Waals surface area contributed by atoms with Gasteiger partial charge in [0.25, 0.3) is 0 Å². The average molecular weight is 229 g/mol. The van der Waals surface area contributed by atoms with Crippen LogP contribution in [0.3, 0.4) is 0 Å². The topological polar surface area (TPSA) is 44.5 Å². The van der Waals surface area contributed by atoms with Crippen LogP contribution < -0.4 is 5.73 Å². The highest BCUT2D eigenvalue weighted by molar-refractivity contribution is 4.77. The van der Waals surface area contributed by atoms with Gasteiger partial charge in [0, 0.05) is 19.3 Å². The normalized spacial score (nSPS) is 16.4. The summed E-state index contributed by atoms with van der Waals surface area (Å²) < 4.78 is 44.3. The van der Waals surface area contributed by atoms with Crippen LogP contribution in [-0.4, -0.2) is 38.6 Å². The maximum absolute atomic E-state index is 11.7. The van der Waals surface area contributed by atoms with Gasteiger partial charge in [-0.1, -0.05) is 0 Å². The molecule has 0 aliphatic carbocycles. The quantitative estimate of drug-likeness (QED) is 0.676. The van der Waals surface area contributed by atoms with E-state index in [0.29, 0.717) is 19.4 Å². The van der Waals surface area contributed by atoms with Crippen molar-refractivity contribution in [2.45, 2.75) is 31.5 Å². The first-order valence-corrected chi connectivity index (χ1v) is 4.69. The first-order valence-electron chi connectivity index (χ1n) is 4.69. The van der Waals surface area contributed by atoms with E-state index in [0.717, 1.165) is 0 Å². The van der Waals surface area contributed by atoms with Crippen molar-refractivity contribution < 1.29 is 22.6 Å². The second-order valence-electron chi connectivity index (χ2n) is 3.86. The molecule has 2 N–H and O–H groups in total.